The quantitative estimate of drug-likeness (QED) is 0.253. The molecule has 0 aliphatic rings. The van der Waals surface area contributed by atoms with Gasteiger partial charge in [-0.1, -0.05) is 78.9 Å². The molecule has 156 valence electrons. The van der Waals surface area contributed by atoms with Crippen molar-refractivity contribution in [2.75, 3.05) is 0 Å². The summed E-state index contributed by atoms with van der Waals surface area (Å²) in [7, 11) is 2.18. The van der Waals surface area contributed by atoms with E-state index in [2.05, 4.69) is 121 Å². The summed E-state index contributed by atoms with van der Waals surface area (Å²) in [6.07, 6.45) is 0. The van der Waals surface area contributed by atoms with Crippen LogP contribution in [0.1, 0.15) is 0 Å². The van der Waals surface area contributed by atoms with Crippen molar-refractivity contribution in [1.29, 1.82) is 0 Å². The molecular weight excluding hydrogens is 418 g/mol. The number of benzene rings is 5. The van der Waals surface area contributed by atoms with Gasteiger partial charge in [0.2, 0.25) is 0 Å². The van der Waals surface area contributed by atoms with E-state index in [1.807, 2.05) is 11.3 Å². The van der Waals surface area contributed by atoms with Gasteiger partial charge in [0.1, 0.15) is 0 Å². The highest BCUT2D eigenvalue weighted by molar-refractivity contribution is 7.26. The summed E-state index contributed by atoms with van der Waals surface area (Å²) < 4.78 is 5.05. The van der Waals surface area contributed by atoms with Crippen molar-refractivity contribution in [3.05, 3.63) is 109 Å². The zero-order valence-electron chi connectivity index (χ0n) is 18.2. The van der Waals surface area contributed by atoms with Gasteiger partial charge in [0.05, 0.1) is 5.52 Å². The van der Waals surface area contributed by atoms with Crippen molar-refractivity contribution in [1.82, 2.24) is 4.57 Å². The Labute approximate surface area is 196 Å². The average molecular weight is 440 g/mol. The summed E-state index contributed by atoms with van der Waals surface area (Å²) >= 11 is 1.91. The molecule has 0 saturated carbocycles. The Kier molecular flexibility index (Phi) is 3.99. The molecule has 0 spiro atoms. The smallest absolute Gasteiger partial charge is 0.0503 e. The Morgan fingerprint density at radius 2 is 1.12 bits per heavy atom. The maximum absolute atomic E-state index is 2.37. The highest BCUT2D eigenvalue weighted by Crippen LogP contribution is 2.43. The van der Waals surface area contributed by atoms with Gasteiger partial charge < -0.3 is 4.57 Å². The Bertz CT molecular complexity index is 1800. The van der Waals surface area contributed by atoms with Gasteiger partial charge in [-0.05, 0) is 52.6 Å². The summed E-state index contributed by atoms with van der Waals surface area (Å²) in [5.41, 5.74) is 7.62. The van der Waals surface area contributed by atoms with E-state index in [-0.39, 0.29) is 0 Å². The number of aromatic nitrogens is 1. The minimum absolute atomic E-state index is 1.26. The molecule has 0 N–H and O–H groups in total. The molecule has 0 saturated heterocycles. The Morgan fingerprint density at radius 1 is 0.515 bits per heavy atom. The van der Waals surface area contributed by atoms with E-state index in [4.69, 9.17) is 0 Å². The molecule has 2 heteroatoms. The third kappa shape index (κ3) is 2.78. The van der Waals surface area contributed by atoms with Crippen LogP contribution in [0.2, 0.25) is 0 Å². The van der Waals surface area contributed by atoms with Crippen LogP contribution in [0.5, 0.6) is 0 Å². The molecule has 1 nitrogen and oxygen atoms in total. The van der Waals surface area contributed by atoms with Gasteiger partial charge in [-0.2, -0.15) is 0 Å². The number of hydrogen-bond acceptors (Lipinski definition) is 1. The molecule has 0 unspecified atom stereocenters. The Morgan fingerprint density at radius 3 is 1.82 bits per heavy atom. The maximum atomic E-state index is 2.37. The predicted octanol–water partition coefficient (Wildman–Crippen LogP) is 9.03. The summed E-state index contributed by atoms with van der Waals surface area (Å²) in [6.45, 7) is 0. The van der Waals surface area contributed by atoms with Gasteiger partial charge in [0.15, 0.2) is 0 Å². The van der Waals surface area contributed by atoms with Crippen molar-refractivity contribution in [2.24, 2.45) is 7.05 Å². The van der Waals surface area contributed by atoms with Crippen molar-refractivity contribution >= 4 is 53.3 Å². The molecule has 5 aromatic carbocycles. The fraction of sp³-hybridized carbons (Fsp3) is 0.0323. The summed E-state index contributed by atoms with van der Waals surface area (Å²) in [5.74, 6) is 0. The van der Waals surface area contributed by atoms with Crippen LogP contribution in [0, 0.1) is 0 Å². The Hall–Kier alpha value is -3.88. The lowest BCUT2D eigenvalue weighted by atomic mass is 10.0. The lowest BCUT2D eigenvalue weighted by Gasteiger charge is -2.03. The van der Waals surface area contributed by atoms with Gasteiger partial charge >= 0.3 is 0 Å². The van der Waals surface area contributed by atoms with Crippen molar-refractivity contribution < 1.29 is 0 Å². The van der Waals surface area contributed by atoms with Crippen LogP contribution in [0.3, 0.4) is 0 Å². The molecule has 0 atom stereocenters. The van der Waals surface area contributed by atoms with Crippen molar-refractivity contribution in [3.63, 3.8) is 0 Å². The molecule has 0 fully saturated rings. The third-order valence-corrected chi connectivity index (χ3v) is 8.02. The number of rotatable bonds is 2. The predicted molar refractivity (Wildman–Crippen MR) is 144 cm³/mol. The molecule has 0 aliphatic carbocycles. The van der Waals surface area contributed by atoms with E-state index in [0.717, 1.165) is 0 Å². The Balaban J connectivity index is 1.54. The number of nitrogens with zero attached hydrogens (tertiary/aromatic N) is 1. The summed E-state index contributed by atoms with van der Waals surface area (Å²) in [5, 5.41) is 5.38. The van der Waals surface area contributed by atoms with Gasteiger partial charge in [-0.25, -0.2) is 0 Å². The molecule has 2 heterocycles. The molecule has 0 amide bonds. The minimum Gasteiger partial charge on any atom is -0.344 e. The van der Waals surface area contributed by atoms with E-state index < -0.39 is 0 Å². The van der Waals surface area contributed by atoms with Crippen LogP contribution in [0.15, 0.2) is 109 Å². The van der Waals surface area contributed by atoms with Gasteiger partial charge in [0, 0.05) is 43.5 Å². The van der Waals surface area contributed by atoms with Crippen LogP contribution in [-0.4, -0.2) is 4.57 Å². The van der Waals surface area contributed by atoms with Crippen LogP contribution in [0.4, 0.5) is 0 Å². The lowest BCUT2D eigenvalue weighted by molar-refractivity contribution is 1.01. The molecule has 0 radical (unpaired) electrons. The second-order valence-corrected chi connectivity index (χ2v) is 9.72. The number of thiophene rings is 1. The molecule has 33 heavy (non-hydrogen) atoms. The highest BCUT2D eigenvalue weighted by Gasteiger charge is 2.16. The fourth-order valence-electron chi connectivity index (χ4n) is 5.15. The van der Waals surface area contributed by atoms with E-state index >= 15 is 0 Å². The zero-order chi connectivity index (χ0) is 21.9. The SMILES string of the molecule is Cn1c2ccc(-c3ccccc3)cc2c2c3sc4ccc(-c5ccccc5)cc4c3ccc21. The largest absolute Gasteiger partial charge is 0.344 e. The van der Waals surface area contributed by atoms with Gasteiger partial charge in [0.25, 0.3) is 0 Å². The number of hydrogen-bond donors (Lipinski definition) is 0. The van der Waals surface area contributed by atoms with Gasteiger partial charge in [-0.15, -0.1) is 11.3 Å². The van der Waals surface area contributed by atoms with E-state index in [1.54, 1.807) is 0 Å². The van der Waals surface area contributed by atoms with Crippen molar-refractivity contribution in [2.45, 2.75) is 0 Å². The van der Waals surface area contributed by atoms with E-state index in [9.17, 15) is 0 Å². The molecule has 2 aromatic heterocycles. The molecule has 0 bridgehead atoms. The monoisotopic (exact) mass is 439 g/mol. The minimum atomic E-state index is 1.26. The van der Waals surface area contributed by atoms with E-state index in [0.29, 0.717) is 0 Å². The first-order valence-electron chi connectivity index (χ1n) is 11.3. The first-order chi connectivity index (χ1) is 16.3. The van der Waals surface area contributed by atoms with Crippen LogP contribution in [-0.2, 0) is 7.05 Å². The maximum Gasteiger partial charge on any atom is 0.0503 e. The summed E-state index contributed by atoms with van der Waals surface area (Å²) in [4.78, 5) is 0. The zero-order valence-corrected chi connectivity index (χ0v) is 19.1. The molecule has 7 rings (SSSR count). The van der Waals surface area contributed by atoms with E-state index in [1.165, 1.54) is 64.2 Å². The molecule has 0 aliphatic heterocycles. The average Bonchev–Trinajstić information content (AvgIpc) is 3.39. The lowest BCUT2D eigenvalue weighted by Crippen LogP contribution is -1.86. The second-order valence-electron chi connectivity index (χ2n) is 8.67. The first kappa shape index (κ1) is 18.7. The second kappa shape index (κ2) is 7.06. The van der Waals surface area contributed by atoms with Crippen molar-refractivity contribution in [3.8, 4) is 22.3 Å². The number of fused-ring (bicyclic) bond motifs is 7. The normalized spacial score (nSPS) is 11.8. The number of aryl methyl sites for hydroxylation is 1. The molecule has 7 aromatic rings. The topological polar surface area (TPSA) is 4.93 Å². The summed E-state index contributed by atoms with van der Waals surface area (Å²) in [6, 6.07) is 39.7. The third-order valence-electron chi connectivity index (χ3n) is 6.82. The van der Waals surface area contributed by atoms with Crippen LogP contribution >= 0.6 is 11.3 Å². The van der Waals surface area contributed by atoms with Gasteiger partial charge in [-0.3, -0.25) is 0 Å². The highest BCUT2D eigenvalue weighted by atomic mass is 32.1. The fourth-order valence-corrected chi connectivity index (χ4v) is 6.39. The van der Waals surface area contributed by atoms with Crippen LogP contribution < -0.4 is 0 Å². The first-order valence-corrected chi connectivity index (χ1v) is 12.1. The standard InChI is InChI=1S/C31H21NS/c1-32-27-15-12-22(20-8-4-2-5-9-20)19-26(27)30-28(32)16-14-24-25-18-23(21-10-6-3-7-11-21)13-17-29(25)33-31(24)30/h2-19H,1H3. The molecular formula is C31H21NS. The van der Waals surface area contributed by atoms with Crippen LogP contribution in [0.25, 0.3) is 64.2 Å².